The van der Waals surface area contributed by atoms with E-state index in [2.05, 4.69) is 124 Å². The number of nitrogen functional groups attached to an aromatic ring is 1. The first kappa shape index (κ1) is 74.6. The Morgan fingerprint density at radius 1 is 0.535 bits per heavy atom. The Morgan fingerprint density at radius 2 is 0.919 bits per heavy atom. The van der Waals surface area contributed by atoms with Crippen molar-refractivity contribution in [3.05, 3.63) is 199 Å². The van der Waals surface area contributed by atoms with Gasteiger partial charge in [-0.15, -0.1) is 0 Å². The van der Waals surface area contributed by atoms with Crippen molar-refractivity contribution in [1.29, 1.82) is 5.72 Å². The number of amides is 3. The first-order valence-electron chi connectivity index (χ1n) is 30.0. The second-order valence-corrected chi connectivity index (χ2v) is 28.7. The lowest BCUT2D eigenvalue weighted by Crippen LogP contribution is -2.48. The third kappa shape index (κ3) is 21.0. The van der Waals surface area contributed by atoms with Crippen molar-refractivity contribution in [2.45, 2.75) is 91.7 Å². The highest BCUT2D eigenvalue weighted by molar-refractivity contribution is 14.2. The highest BCUT2D eigenvalue weighted by Crippen LogP contribution is 2.36. The molecule has 8 heterocycles. The van der Waals surface area contributed by atoms with Crippen LogP contribution in [-0.4, -0.2) is 222 Å². The minimum Gasteiger partial charge on any atom is -0.394 e. The summed E-state index contributed by atoms with van der Waals surface area (Å²) in [6.45, 7) is -1.68. The number of benzene rings is 3. The standard InChI is InChI=1S/C16H17N3O7.C16H17N3O6.C16H15N3O6.C9H13N3O5.2IPS/c20-8-10-12(21)16(24,25)14(26-10)19-7-6-11(18-15(19)23)17-13(22)9-4-2-1-3-5-9;2*20-8-10-12(21)13(22)15(25-10)19-7-6-11(18-16(19)24)17-14(23)9-4-2-1-3-5-9;10-5-1-2-12(9(16)11-5)8-7(15)6(14)4(3-13)17-8;2*1-2-3/h1-7,10,12,14,20-21,24-25H,8H2,(H,17,18,22,23);1-7,10,12-13,15,20-22H,8H2,(H,17,18,23,24);1-7,10,12,15,20-21H,8H2,(H,17,18,23,24);1-2,4,6-8,13-15H,3H2,(H2,10,11,16);;/t10-,12+,14-;10-,12+,13?,15-;10-,12+,15-;4-,6+,7?,8-;;/m1111../s1/i;2*20D,21T;;;. The molecule has 14 atom stereocenters. The molecular weight excluding hydrogens is 1620 g/mol. The molecule has 42 heteroatoms. The summed E-state index contributed by atoms with van der Waals surface area (Å²) in [7, 11) is 0. The molecule has 3 aromatic carbocycles. The van der Waals surface area contributed by atoms with Crippen molar-refractivity contribution in [3.63, 3.8) is 0 Å². The fourth-order valence-electron chi connectivity index (χ4n) is 9.27. The van der Waals surface area contributed by atoms with E-state index in [1.165, 1.54) is 42.9 Å². The normalized spacial score (nSPS) is 25.3. The average Bonchev–Trinajstić information content (AvgIpc) is 1.63. The number of nitrogens with zero attached hydrogens (tertiary/aromatic N) is 8. The Hall–Kier alpha value is -7.08. The van der Waals surface area contributed by atoms with E-state index in [-0.39, 0.29) is 36.5 Å². The molecule has 0 bridgehead atoms. The smallest absolute Gasteiger partial charge is 0.352 e. The molecule has 7 aromatic rings. The van der Waals surface area contributed by atoms with Gasteiger partial charge in [-0.1, -0.05) is 54.6 Å². The van der Waals surface area contributed by atoms with Crippen LogP contribution >= 0.6 is 54.1 Å². The van der Waals surface area contributed by atoms with Gasteiger partial charge in [0.1, 0.15) is 84.3 Å². The lowest BCUT2D eigenvalue weighted by molar-refractivity contribution is -0.249. The second kappa shape index (κ2) is 38.6. The van der Waals surface area contributed by atoms with E-state index in [1.807, 2.05) is 0 Å². The Bertz CT molecular complexity index is 4220. The summed E-state index contributed by atoms with van der Waals surface area (Å²) in [4.78, 5) is 113. The van der Waals surface area contributed by atoms with Gasteiger partial charge in [0.25, 0.3) is 17.7 Å². The van der Waals surface area contributed by atoms with Crippen LogP contribution in [0.5, 0.6) is 0 Å². The van der Waals surface area contributed by atoms with Crippen LogP contribution in [0.1, 0.15) is 56.0 Å². The number of aliphatic hydroxyl groups excluding tert-OH is 10. The van der Waals surface area contributed by atoms with Crippen LogP contribution in [0.4, 0.5) is 23.3 Å². The highest BCUT2D eigenvalue weighted by atomic mass is 127. The minimum absolute atomic E-state index is 0.00915. The Balaban J connectivity index is 0.000000212. The highest BCUT2D eigenvalue weighted by Gasteiger charge is 2.56. The largest absolute Gasteiger partial charge is 0.394 e. The molecule has 4 aliphatic rings. The Kier molecular flexibility index (Phi) is 29.1. The number of carbonyl (C=O) groups is 4. The fraction of sp³-hybridized carbons (Fsp3) is 0.333. The zero-order chi connectivity index (χ0) is 75.7. The summed E-state index contributed by atoms with van der Waals surface area (Å²) in [5, 5.41) is 102. The number of ether oxygens (including phenoxy) is 4. The number of Topliss-reactive ketones (excluding diaryl/α,β-unsaturated/α-hetero) is 1. The molecule has 0 aliphatic carbocycles. The number of nitrogens with two attached hydrogens (primary N) is 1. The molecule has 4 saturated heterocycles. The number of aliphatic hydroxyl groups is 12. The van der Waals surface area contributed by atoms with Gasteiger partial charge in [-0.3, -0.25) is 37.4 Å². The van der Waals surface area contributed by atoms with Gasteiger partial charge < -0.3 is 102 Å². The molecule has 99 heavy (non-hydrogen) atoms. The van der Waals surface area contributed by atoms with Gasteiger partial charge in [-0.25, -0.2) is 19.2 Å². The van der Waals surface area contributed by atoms with E-state index in [0.29, 0.717) is 16.7 Å². The van der Waals surface area contributed by atoms with E-state index in [0.717, 1.165) is 34.5 Å². The lowest BCUT2D eigenvalue weighted by Gasteiger charge is -2.25. The number of carbonyl (C=O) groups excluding carboxylic acids is 4. The van der Waals surface area contributed by atoms with E-state index in [4.69, 9.17) is 40.6 Å². The predicted octanol–water partition coefficient (Wildman–Crippen LogP) is -2.22. The van der Waals surface area contributed by atoms with E-state index in [9.17, 15) is 69.0 Å². The molecule has 0 spiro atoms. The van der Waals surface area contributed by atoms with Gasteiger partial charge in [0.15, 0.2) is 18.7 Å². The lowest BCUT2D eigenvalue weighted by atomic mass is 10.1. The summed E-state index contributed by atoms with van der Waals surface area (Å²) >= 11 is 12.9. The molecule has 4 aliphatic heterocycles. The van der Waals surface area contributed by atoms with Crippen LogP contribution in [-0.2, 0) is 47.4 Å². The van der Waals surface area contributed by atoms with Gasteiger partial charge in [0.05, 0.1) is 26.4 Å². The number of halogens is 2. The average molecular weight is 1690 g/mol. The van der Waals surface area contributed by atoms with Crippen LogP contribution in [0.15, 0.2) is 159 Å². The summed E-state index contributed by atoms with van der Waals surface area (Å²) in [5.74, 6) is -4.74. The fourth-order valence-corrected chi connectivity index (χ4v) is 9.27. The minimum atomic E-state index is -2.80. The number of ketones is 1. The van der Waals surface area contributed by atoms with Gasteiger partial charge in [-0.2, -0.15) is 19.9 Å². The van der Waals surface area contributed by atoms with Crippen LogP contribution in [0.3, 0.4) is 0 Å². The van der Waals surface area contributed by atoms with Crippen LogP contribution in [0.25, 0.3) is 0 Å². The number of rotatable bonds is 18. The maximum Gasteiger partial charge on any atom is 0.352 e. The molecule has 11 rings (SSSR count). The first-order chi connectivity index (χ1) is 49.3. The van der Waals surface area contributed by atoms with Crippen LogP contribution < -0.4 is 44.4 Å². The molecule has 3 amide bonds. The maximum atomic E-state index is 12.3. The number of anilines is 4. The van der Waals surface area contributed by atoms with Crippen LogP contribution in [0, 0.1) is 0 Å². The predicted molar refractivity (Wildman–Crippen MR) is 370 cm³/mol. The molecule has 530 valence electrons. The summed E-state index contributed by atoms with van der Waals surface area (Å²) in [5.41, 5.74) is 3.25. The summed E-state index contributed by atoms with van der Waals surface area (Å²) in [6.07, 6.45) is -12.5. The molecule has 0 saturated carbocycles. The third-order valence-electron chi connectivity index (χ3n) is 14.2. The van der Waals surface area contributed by atoms with Crippen molar-refractivity contribution in [3.8, 4) is 0 Å². The molecular formula is C57H62I2N12O24P2S2. The SMILES string of the molecule is Nc1ccn([C@@H]2O[C@H](CO)[C@H](O)C2O)c(=O)n1.O=C(Nc1ccn([C@@H]2O[C@H](CO)[C@H](O)C2(O)O)c(=O)n1)c1ccccc1.S=PI.S=PI.[2H]OC[C@H]1O[C@@H](n2ccc(NC(=O)c3ccccc3)nc2=O)C(=O)[C@H]1O[3H].[2H]OC[C@H]1O[C@@H](n2ccc(NC(=O)c3ccccc3)nc2=O)C(O)[C@H]1O[3H]. The van der Waals surface area contributed by atoms with Crippen LogP contribution in [0.2, 0.25) is 0 Å². The zero-order valence-electron chi connectivity index (χ0n) is 54.4. The van der Waals surface area contributed by atoms with Gasteiger partial charge in [0, 0.05) is 51.5 Å². The molecule has 17 N–H and O–H groups in total. The van der Waals surface area contributed by atoms with Crippen molar-refractivity contribution in [1.82, 2.24) is 38.2 Å². The number of aromatic nitrogens is 8. The number of hydrogen-bond donors (Lipinski definition) is 16. The van der Waals surface area contributed by atoms with Gasteiger partial charge in [-0.05, 0) is 128 Å². The summed E-state index contributed by atoms with van der Waals surface area (Å²) in [6, 6.07) is 30.5. The molecule has 2 unspecified atom stereocenters. The van der Waals surface area contributed by atoms with E-state index < -0.39 is 151 Å². The Labute approximate surface area is 602 Å². The van der Waals surface area contributed by atoms with Crippen molar-refractivity contribution in [2.24, 2.45) is 0 Å². The van der Waals surface area contributed by atoms with Crippen molar-refractivity contribution in [2.75, 3.05) is 48.1 Å². The number of hydrogen-bond acceptors (Lipinski definition) is 31. The van der Waals surface area contributed by atoms with E-state index in [1.54, 1.807) is 91.0 Å². The molecule has 36 nitrogen and oxygen atoms in total. The van der Waals surface area contributed by atoms with Gasteiger partial charge >= 0.3 is 22.8 Å². The summed E-state index contributed by atoms with van der Waals surface area (Å²) < 4.78 is 52.4. The number of nitrogens with one attached hydrogen (secondary N) is 3. The van der Waals surface area contributed by atoms with Crippen molar-refractivity contribution < 1.29 is 99.4 Å². The van der Waals surface area contributed by atoms with E-state index >= 15 is 0 Å². The molecule has 4 aromatic heterocycles. The topological polar surface area (TPSA) is 550 Å². The maximum absolute atomic E-state index is 12.3. The quantitative estimate of drug-likeness (QED) is 0.0246. The second-order valence-electron chi connectivity index (χ2n) is 20.5. The Morgan fingerprint density at radius 3 is 1.29 bits per heavy atom. The monoisotopic (exact) mass is 1680 g/mol. The third-order valence-corrected chi connectivity index (χ3v) is 14.2. The first-order valence-corrected chi connectivity index (χ1v) is 37.7. The zero-order valence-corrected chi connectivity index (χ0v) is 58.2. The molecule has 0 radical (unpaired) electrons. The van der Waals surface area contributed by atoms with Crippen molar-refractivity contribution >= 4 is 124 Å². The van der Waals surface area contributed by atoms with Gasteiger partial charge in [0.2, 0.25) is 23.5 Å². The molecule has 4 fully saturated rings.